The van der Waals surface area contributed by atoms with Crippen molar-refractivity contribution < 1.29 is 22.9 Å². The minimum atomic E-state index is -1.72. The minimum Gasteiger partial charge on any atom is -0.319 e. The summed E-state index contributed by atoms with van der Waals surface area (Å²) in [4.78, 5) is 21.7. The third-order valence-corrected chi connectivity index (χ3v) is 2.60. The Labute approximate surface area is 116 Å². The van der Waals surface area contributed by atoms with Gasteiger partial charge in [0.2, 0.25) is 0 Å². The van der Waals surface area contributed by atoms with E-state index in [1.165, 1.54) is 18.2 Å². The molecule has 2 aromatic rings. The Hall–Kier alpha value is -2.90. The van der Waals surface area contributed by atoms with E-state index in [9.17, 15) is 28.1 Å². The number of rotatable bonds is 3. The molecular formula is C13H7F3N2O3. The number of hydrogen-bond donors (Lipinski definition) is 1. The van der Waals surface area contributed by atoms with Crippen molar-refractivity contribution in [1.82, 2.24) is 0 Å². The van der Waals surface area contributed by atoms with Crippen molar-refractivity contribution >= 4 is 17.3 Å². The Morgan fingerprint density at radius 2 is 1.81 bits per heavy atom. The molecular weight excluding hydrogens is 289 g/mol. The van der Waals surface area contributed by atoms with Crippen molar-refractivity contribution in [3.05, 3.63) is 69.5 Å². The summed E-state index contributed by atoms with van der Waals surface area (Å²) in [6, 6.07) is 6.20. The summed E-state index contributed by atoms with van der Waals surface area (Å²) in [5.41, 5.74) is -1.01. The van der Waals surface area contributed by atoms with Crippen LogP contribution in [0.25, 0.3) is 0 Å². The van der Waals surface area contributed by atoms with Gasteiger partial charge in [0.15, 0.2) is 17.5 Å². The topological polar surface area (TPSA) is 72.2 Å². The Kier molecular flexibility index (Phi) is 3.88. The molecule has 108 valence electrons. The number of nitrogens with one attached hydrogen (secondary N) is 1. The quantitative estimate of drug-likeness (QED) is 0.537. The largest absolute Gasteiger partial charge is 0.319 e. The van der Waals surface area contributed by atoms with Crippen molar-refractivity contribution in [3.63, 3.8) is 0 Å². The maximum absolute atomic E-state index is 13.4. The molecule has 0 atom stereocenters. The Balaban J connectivity index is 2.28. The van der Waals surface area contributed by atoms with Crippen LogP contribution < -0.4 is 5.32 Å². The fraction of sp³-hybridized carbons (Fsp3) is 0. The molecule has 0 unspecified atom stereocenters. The zero-order valence-corrected chi connectivity index (χ0v) is 10.3. The van der Waals surface area contributed by atoms with Gasteiger partial charge < -0.3 is 5.32 Å². The van der Waals surface area contributed by atoms with Gasteiger partial charge in [-0.25, -0.2) is 13.2 Å². The minimum absolute atomic E-state index is 0.117. The van der Waals surface area contributed by atoms with E-state index in [1.807, 2.05) is 5.32 Å². The predicted octanol–water partition coefficient (Wildman–Crippen LogP) is 3.26. The second-order valence-electron chi connectivity index (χ2n) is 3.98. The Morgan fingerprint density at radius 3 is 2.48 bits per heavy atom. The van der Waals surface area contributed by atoms with Crippen molar-refractivity contribution in [2.45, 2.75) is 0 Å². The summed E-state index contributed by atoms with van der Waals surface area (Å²) in [7, 11) is 0. The van der Waals surface area contributed by atoms with Gasteiger partial charge in [-0.3, -0.25) is 14.9 Å². The molecule has 0 spiro atoms. The second-order valence-corrected chi connectivity index (χ2v) is 3.98. The molecule has 0 saturated heterocycles. The highest BCUT2D eigenvalue weighted by molar-refractivity contribution is 6.04. The van der Waals surface area contributed by atoms with Gasteiger partial charge in [0.05, 0.1) is 10.6 Å². The summed E-state index contributed by atoms with van der Waals surface area (Å²) in [6.45, 7) is 0. The maximum Gasteiger partial charge on any atom is 0.270 e. The lowest BCUT2D eigenvalue weighted by atomic mass is 10.2. The third kappa shape index (κ3) is 2.99. The number of halogens is 3. The number of carbonyl (C=O) groups is 1. The molecule has 1 N–H and O–H groups in total. The van der Waals surface area contributed by atoms with Crippen molar-refractivity contribution in [1.29, 1.82) is 0 Å². The number of nitro benzene ring substituents is 1. The molecule has 0 aliphatic rings. The first-order valence-electron chi connectivity index (χ1n) is 5.59. The van der Waals surface area contributed by atoms with Gasteiger partial charge in [-0.1, -0.05) is 6.07 Å². The van der Waals surface area contributed by atoms with E-state index in [0.717, 1.165) is 12.1 Å². The number of anilines is 1. The molecule has 0 radical (unpaired) electrons. The van der Waals surface area contributed by atoms with Gasteiger partial charge >= 0.3 is 0 Å². The maximum atomic E-state index is 13.4. The SMILES string of the molecule is O=C(Nc1ccc(F)c(F)c1F)c1cccc([N+](=O)[O-])c1. The van der Waals surface area contributed by atoms with Crippen LogP contribution in [-0.2, 0) is 0 Å². The van der Waals surface area contributed by atoms with Crippen LogP contribution in [0.15, 0.2) is 36.4 Å². The summed E-state index contributed by atoms with van der Waals surface area (Å²) < 4.78 is 39.2. The molecule has 5 nitrogen and oxygen atoms in total. The van der Waals surface area contributed by atoms with Gasteiger partial charge in [0.1, 0.15) is 0 Å². The average molecular weight is 296 g/mol. The van der Waals surface area contributed by atoms with E-state index >= 15 is 0 Å². The van der Waals surface area contributed by atoms with E-state index < -0.39 is 34.0 Å². The smallest absolute Gasteiger partial charge is 0.270 e. The van der Waals surface area contributed by atoms with Crippen LogP contribution in [0.4, 0.5) is 24.5 Å². The molecule has 0 saturated carbocycles. The summed E-state index contributed by atoms with van der Waals surface area (Å²) >= 11 is 0. The number of nitrogens with zero attached hydrogens (tertiary/aromatic N) is 1. The summed E-state index contributed by atoms with van der Waals surface area (Å²) in [5.74, 6) is -5.54. The lowest BCUT2D eigenvalue weighted by Crippen LogP contribution is -2.14. The Morgan fingerprint density at radius 1 is 1.10 bits per heavy atom. The van der Waals surface area contributed by atoms with Crippen molar-refractivity contribution in [2.24, 2.45) is 0 Å². The van der Waals surface area contributed by atoms with Crippen LogP contribution >= 0.6 is 0 Å². The fourth-order valence-corrected chi connectivity index (χ4v) is 1.58. The highest BCUT2D eigenvalue weighted by Crippen LogP contribution is 2.21. The lowest BCUT2D eigenvalue weighted by Gasteiger charge is -2.07. The molecule has 2 rings (SSSR count). The zero-order valence-electron chi connectivity index (χ0n) is 10.3. The first-order valence-corrected chi connectivity index (χ1v) is 5.59. The van der Waals surface area contributed by atoms with Crippen molar-refractivity contribution in [3.8, 4) is 0 Å². The van der Waals surface area contributed by atoms with E-state index in [0.29, 0.717) is 6.07 Å². The van der Waals surface area contributed by atoms with Gasteiger partial charge in [-0.15, -0.1) is 0 Å². The summed E-state index contributed by atoms with van der Waals surface area (Å²) in [5, 5.41) is 12.6. The predicted molar refractivity (Wildman–Crippen MR) is 67.4 cm³/mol. The van der Waals surface area contributed by atoms with Gasteiger partial charge in [-0.05, 0) is 18.2 Å². The van der Waals surface area contributed by atoms with Crippen LogP contribution in [-0.4, -0.2) is 10.8 Å². The van der Waals surface area contributed by atoms with E-state index in [2.05, 4.69) is 0 Å². The van der Waals surface area contributed by atoms with Gasteiger partial charge in [0.25, 0.3) is 11.6 Å². The van der Waals surface area contributed by atoms with E-state index in [1.54, 1.807) is 0 Å². The number of carbonyl (C=O) groups excluding carboxylic acids is 1. The highest BCUT2D eigenvalue weighted by atomic mass is 19.2. The molecule has 8 heteroatoms. The molecule has 0 aliphatic heterocycles. The van der Waals surface area contributed by atoms with Crippen LogP contribution in [0.5, 0.6) is 0 Å². The first kappa shape index (κ1) is 14.5. The average Bonchev–Trinajstić information content (AvgIpc) is 2.48. The first-order chi connectivity index (χ1) is 9.90. The molecule has 1 amide bonds. The normalized spacial score (nSPS) is 10.2. The van der Waals surface area contributed by atoms with E-state index in [-0.39, 0.29) is 11.3 Å². The number of hydrogen-bond acceptors (Lipinski definition) is 3. The molecule has 0 bridgehead atoms. The molecule has 0 aliphatic carbocycles. The van der Waals surface area contributed by atoms with Crippen LogP contribution in [0.1, 0.15) is 10.4 Å². The van der Waals surface area contributed by atoms with E-state index in [4.69, 9.17) is 0 Å². The number of nitro groups is 1. The van der Waals surface area contributed by atoms with Crippen LogP contribution in [0.2, 0.25) is 0 Å². The highest BCUT2D eigenvalue weighted by Gasteiger charge is 2.17. The standard InChI is InChI=1S/C13H7F3N2O3/c14-9-4-5-10(12(16)11(9)15)17-13(19)7-2-1-3-8(6-7)18(20)21/h1-6H,(H,17,19). The Bertz CT molecular complexity index is 735. The molecule has 0 heterocycles. The van der Waals surface area contributed by atoms with Crippen LogP contribution in [0.3, 0.4) is 0 Å². The molecule has 2 aromatic carbocycles. The number of non-ortho nitro benzene ring substituents is 1. The molecule has 21 heavy (non-hydrogen) atoms. The second kappa shape index (κ2) is 5.61. The number of amides is 1. The lowest BCUT2D eigenvalue weighted by molar-refractivity contribution is -0.384. The number of benzene rings is 2. The fourth-order valence-electron chi connectivity index (χ4n) is 1.58. The van der Waals surface area contributed by atoms with Crippen LogP contribution in [0, 0.1) is 27.6 Å². The molecule has 0 fully saturated rings. The molecule has 0 aromatic heterocycles. The summed E-state index contributed by atoms with van der Waals surface area (Å²) in [6.07, 6.45) is 0. The van der Waals surface area contributed by atoms with Crippen molar-refractivity contribution in [2.75, 3.05) is 5.32 Å². The van der Waals surface area contributed by atoms with Gasteiger partial charge in [0, 0.05) is 17.7 Å². The third-order valence-electron chi connectivity index (χ3n) is 2.60. The van der Waals surface area contributed by atoms with Gasteiger partial charge in [-0.2, -0.15) is 0 Å². The zero-order chi connectivity index (χ0) is 15.6. The monoisotopic (exact) mass is 296 g/mol.